The normalized spacial score (nSPS) is 10.3. The second-order valence-electron chi connectivity index (χ2n) is 4.35. The van der Waals surface area contributed by atoms with Gasteiger partial charge in [-0.15, -0.1) is 4.73 Å². The number of nitrogens with one attached hydrogen (secondary N) is 1. The van der Waals surface area contributed by atoms with Gasteiger partial charge in [0, 0.05) is 6.07 Å². The van der Waals surface area contributed by atoms with Crippen LogP contribution in [0.25, 0.3) is 0 Å². The lowest BCUT2D eigenvalue weighted by molar-refractivity contribution is -0.114. The molecule has 0 aliphatic rings. The minimum absolute atomic E-state index is 0.0562. The summed E-state index contributed by atoms with van der Waals surface area (Å²) >= 11 is 0. The first-order valence-corrected chi connectivity index (χ1v) is 6.55. The van der Waals surface area contributed by atoms with E-state index in [1.54, 1.807) is 19.1 Å². The molecule has 22 heavy (non-hydrogen) atoms. The van der Waals surface area contributed by atoms with Gasteiger partial charge in [0.1, 0.15) is 5.75 Å². The molecule has 0 aliphatic heterocycles. The molecule has 0 spiro atoms. The lowest BCUT2D eigenvalue weighted by atomic mass is 10.2. The second kappa shape index (κ2) is 6.72. The number of carbonyl (C=O) groups is 1. The van der Waals surface area contributed by atoms with Crippen LogP contribution in [0.2, 0.25) is 0 Å². The molecule has 2 aromatic rings. The number of hydrogen-bond acceptors (Lipinski definition) is 6. The van der Waals surface area contributed by atoms with Crippen LogP contribution in [0.1, 0.15) is 12.5 Å². The molecule has 0 aliphatic carbocycles. The van der Waals surface area contributed by atoms with Crippen LogP contribution in [0.3, 0.4) is 0 Å². The van der Waals surface area contributed by atoms with Gasteiger partial charge in [-0.2, -0.15) is 10.0 Å². The van der Waals surface area contributed by atoms with E-state index in [9.17, 15) is 10.0 Å². The highest BCUT2D eigenvalue weighted by molar-refractivity contribution is 5.70. The summed E-state index contributed by atoms with van der Waals surface area (Å²) in [5.41, 5.74) is 0.582. The summed E-state index contributed by atoms with van der Waals surface area (Å²) in [7, 11) is 0. The number of amides is 1. The highest BCUT2D eigenvalue weighted by Gasteiger charge is 2.14. The molecule has 0 fully saturated rings. The summed E-state index contributed by atoms with van der Waals surface area (Å²) in [6.45, 7) is 3.84. The van der Waals surface area contributed by atoms with Crippen LogP contribution in [0, 0.1) is 12.3 Å². The molecule has 1 amide bonds. The number of anilines is 1. The zero-order valence-electron chi connectivity index (χ0n) is 12.2. The SMILES string of the molecule is CCON(C=O)c1cc(Oc2ccc(C)cc2)nc(=N)n1O. The lowest BCUT2D eigenvalue weighted by Crippen LogP contribution is -2.31. The first-order valence-electron chi connectivity index (χ1n) is 6.55. The van der Waals surface area contributed by atoms with E-state index in [0.29, 0.717) is 16.9 Å². The van der Waals surface area contributed by atoms with Gasteiger partial charge in [-0.05, 0) is 26.0 Å². The van der Waals surface area contributed by atoms with Gasteiger partial charge < -0.3 is 9.94 Å². The molecule has 116 valence electrons. The maximum absolute atomic E-state index is 11.0. The van der Waals surface area contributed by atoms with E-state index < -0.39 is 5.62 Å². The number of aromatic nitrogens is 2. The van der Waals surface area contributed by atoms with E-state index in [1.165, 1.54) is 6.07 Å². The van der Waals surface area contributed by atoms with Gasteiger partial charge in [-0.3, -0.25) is 15.0 Å². The molecule has 0 atom stereocenters. The predicted molar refractivity (Wildman–Crippen MR) is 76.7 cm³/mol. The summed E-state index contributed by atoms with van der Waals surface area (Å²) in [4.78, 5) is 19.9. The van der Waals surface area contributed by atoms with E-state index >= 15 is 0 Å². The number of aryl methyl sites for hydroxylation is 1. The quantitative estimate of drug-likeness (QED) is 0.480. The molecule has 1 aromatic carbocycles. The smallest absolute Gasteiger partial charge is 0.260 e. The Morgan fingerprint density at radius 3 is 2.68 bits per heavy atom. The zero-order valence-corrected chi connectivity index (χ0v) is 12.2. The Kier molecular flexibility index (Phi) is 4.74. The van der Waals surface area contributed by atoms with E-state index in [-0.39, 0.29) is 18.3 Å². The summed E-state index contributed by atoms with van der Waals surface area (Å²) in [6, 6.07) is 8.53. The molecule has 0 saturated heterocycles. The van der Waals surface area contributed by atoms with Crippen molar-refractivity contribution < 1.29 is 19.6 Å². The topological polar surface area (TPSA) is 101 Å². The van der Waals surface area contributed by atoms with E-state index in [2.05, 4.69) is 4.98 Å². The van der Waals surface area contributed by atoms with Crippen molar-refractivity contribution in [2.24, 2.45) is 0 Å². The third-order valence-corrected chi connectivity index (χ3v) is 2.72. The summed E-state index contributed by atoms with van der Waals surface area (Å²) in [6.07, 6.45) is 0.376. The predicted octanol–water partition coefficient (Wildman–Crippen LogP) is 1.61. The fourth-order valence-electron chi connectivity index (χ4n) is 1.69. The first kappa shape index (κ1) is 15.5. The number of carbonyl (C=O) groups excluding carboxylic acids is 1. The van der Waals surface area contributed by atoms with Gasteiger partial charge >= 0.3 is 0 Å². The first-order chi connectivity index (χ1) is 10.5. The van der Waals surface area contributed by atoms with Crippen molar-refractivity contribution in [1.82, 2.24) is 9.71 Å². The highest BCUT2D eigenvalue weighted by atomic mass is 16.7. The Hall–Kier alpha value is -2.87. The summed E-state index contributed by atoms with van der Waals surface area (Å²) in [5.74, 6) is 0.493. The van der Waals surface area contributed by atoms with Crippen LogP contribution in [0.4, 0.5) is 5.82 Å². The molecule has 0 bridgehead atoms. The number of rotatable bonds is 6. The van der Waals surface area contributed by atoms with Crippen LogP contribution in [-0.2, 0) is 9.63 Å². The molecule has 8 nitrogen and oxygen atoms in total. The molecule has 1 heterocycles. The molecule has 0 unspecified atom stereocenters. The Morgan fingerprint density at radius 1 is 1.41 bits per heavy atom. The highest BCUT2D eigenvalue weighted by Crippen LogP contribution is 2.22. The Morgan fingerprint density at radius 2 is 2.09 bits per heavy atom. The summed E-state index contributed by atoms with van der Waals surface area (Å²) in [5, 5.41) is 18.2. The van der Waals surface area contributed by atoms with Crippen molar-refractivity contribution in [2.45, 2.75) is 13.8 Å². The van der Waals surface area contributed by atoms with E-state index in [1.807, 2.05) is 19.1 Å². The minimum Gasteiger partial charge on any atom is -0.439 e. The number of hydroxylamine groups is 1. The van der Waals surface area contributed by atoms with Crippen LogP contribution in [-0.4, -0.2) is 27.9 Å². The molecular formula is C14H16N4O4. The Labute approximate surface area is 126 Å². The second-order valence-corrected chi connectivity index (χ2v) is 4.35. The average Bonchev–Trinajstić information content (AvgIpc) is 2.51. The lowest BCUT2D eigenvalue weighted by Gasteiger charge is -2.18. The molecular weight excluding hydrogens is 288 g/mol. The maximum Gasteiger partial charge on any atom is 0.260 e. The van der Waals surface area contributed by atoms with Crippen molar-refractivity contribution in [3.05, 3.63) is 41.5 Å². The number of ether oxygens (including phenoxy) is 1. The van der Waals surface area contributed by atoms with Gasteiger partial charge in [0.15, 0.2) is 5.82 Å². The van der Waals surface area contributed by atoms with Gasteiger partial charge in [0.05, 0.1) is 6.61 Å². The maximum atomic E-state index is 11.0. The zero-order chi connectivity index (χ0) is 16.1. The van der Waals surface area contributed by atoms with Crippen LogP contribution < -0.4 is 15.4 Å². The van der Waals surface area contributed by atoms with Crippen molar-refractivity contribution in [3.63, 3.8) is 0 Å². The molecule has 2 N–H and O–H groups in total. The largest absolute Gasteiger partial charge is 0.439 e. The average molecular weight is 304 g/mol. The van der Waals surface area contributed by atoms with Crippen molar-refractivity contribution in [3.8, 4) is 11.6 Å². The van der Waals surface area contributed by atoms with Crippen molar-refractivity contribution in [2.75, 3.05) is 11.7 Å². The minimum atomic E-state index is -0.494. The monoisotopic (exact) mass is 304 g/mol. The van der Waals surface area contributed by atoms with Crippen LogP contribution in [0.15, 0.2) is 30.3 Å². The van der Waals surface area contributed by atoms with Gasteiger partial charge in [0.25, 0.3) is 5.62 Å². The summed E-state index contributed by atoms with van der Waals surface area (Å²) < 4.78 is 5.95. The third kappa shape index (κ3) is 3.41. The Balaban J connectivity index is 2.37. The van der Waals surface area contributed by atoms with E-state index in [0.717, 1.165) is 10.6 Å². The van der Waals surface area contributed by atoms with Crippen LogP contribution >= 0.6 is 0 Å². The number of nitrogens with zero attached hydrogens (tertiary/aromatic N) is 3. The van der Waals surface area contributed by atoms with Crippen LogP contribution in [0.5, 0.6) is 11.6 Å². The molecule has 8 heteroatoms. The fraction of sp³-hybridized carbons (Fsp3) is 0.214. The van der Waals surface area contributed by atoms with E-state index in [4.69, 9.17) is 15.0 Å². The Bertz CT molecular complexity index is 712. The third-order valence-electron chi connectivity index (χ3n) is 2.72. The molecule has 1 aromatic heterocycles. The van der Waals surface area contributed by atoms with Gasteiger partial charge in [-0.1, -0.05) is 17.7 Å². The number of hydrogen-bond donors (Lipinski definition) is 2. The number of benzene rings is 1. The molecule has 2 rings (SSSR count). The fourth-order valence-corrected chi connectivity index (χ4v) is 1.69. The van der Waals surface area contributed by atoms with Crippen molar-refractivity contribution in [1.29, 1.82) is 5.41 Å². The van der Waals surface area contributed by atoms with Gasteiger partial charge in [-0.25, -0.2) is 0 Å². The molecule has 0 saturated carbocycles. The standard InChI is InChI=1S/C14H16N4O4/c1-3-21-17(9-19)13-8-12(16-14(15)18(13)20)22-11-6-4-10(2)5-7-11/h4-9,15,20H,3H2,1-2H3. The van der Waals surface area contributed by atoms with Gasteiger partial charge in [0.2, 0.25) is 12.3 Å². The van der Waals surface area contributed by atoms with Crippen molar-refractivity contribution >= 4 is 12.2 Å². The molecule has 0 radical (unpaired) electrons.